The van der Waals surface area contributed by atoms with Crippen molar-refractivity contribution in [2.75, 3.05) is 18.1 Å². The van der Waals surface area contributed by atoms with E-state index in [2.05, 4.69) is 10.4 Å². The molecule has 0 saturated carbocycles. The Balaban J connectivity index is 1.61. The monoisotopic (exact) mass is 347 g/mol. The van der Waals surface area contributed by atoms with E-state index in [4.69, 9.17) is 0 Å². The summed E-state index contributed by atoms with van der Waals surface area (Å²) < 4.78 is 24.9. The van der Waals surface area contributed by atoms with Crippen molar-refractivity contribution in [2.24, 2.45) is 0 Å². The molecule has 1 aliphatic rings. The third kappa shape index (κ3) is 3.84. The molecule has 7 heteroatoms. The van der Waals surface area contributed by atoms with E-state index in [0.29, 0.717) is 18.7 Å². The van der Waals surface area contributed by atoms with Crippen LogP contribution in [0, 0.1) is 6.92 Å². The Bertz CT molecular complexity index is 828. The van der Waals surface area contributed by atoms with E-state index in [-0.39, 0.29) is 23.5 Å². The standard InChI is InChI=1S/C17H21N3O3S/c1-13-11-16(19-20(13)15-8-10-24(22,23)12-15)17(21)18-9-7-14-5-3-2-4-6-14/h2-6,11,15H,7-10,12H2,1H3,(H,18,21). The van der Waals surface area contributed by atoms with Crippen LogP contribution in [0.25, 0.3) is 0 Å². The number of aromatic nitrogens is 2. The number of amides is 1. The summed E-state index contributed by atoms with van der Waals surface area (Å²) in [5.41, 5.74) is 2.31. The molecule has 1 atom stereocenters. The molecule has 1 aromatic heterocycles. The minimum atomic E-state index is -2.98. The smallest absolute Gasteiger partial charge is 0.271 e. The maximum absolute atomic E-state index is 12.2. The van der Waals surface area contributed by atoms with Gasteiger partial charge in [0, 0.05) is 12.2 Å². The summed E-state index contributed by atoms with van der Waals surface area (Å²) in [5.74, 6) is 0.0637. The fourth-order valence-corrected chi connectivity index (χ4v) is 4.68. The van der Waals surface area contributed by atoms with E-state index in [1.807, 2.05) is 37.3 Å². The lowest BCUT2D eigenvalue weighted by molar-refractivity contribution is 0.0948. The lowest BCUT2D eigenvalue weighted by atomic mass is 10.1. The fourth-order valence-electron chi connectivity index (χ4n) is 2.99. The van der Waals surface area contributed by atoms with E-state index in [0.717, 1.165) is 17.7 Å². The predicted molar refractivity (Wildman–Crippen MR) is 91.8 cm³/mol. The van der Waals surface area contributed by atoms with Gasteiger partial charge in [-0.1, -0.05) is 30.3 Å². The number of rotatable bonds is 5. The molecule has 0 bridgehead atoms. The van der Waals surface area contributed by atoms with E-state index in [1.54, 1.807) is 10.7 Å². The molecule has 1 amide bonds. The highest BCUT2D eigenvalue weighted by molar-refractivity contribution is 7.91. The Morgan fingerprint density at radius 3 is 2.75 bits per heavy atom. The van der Waals surface area contributed by atoms with Crippen molar-refractivity contribution in [2.45, 2.75) is 25.8 Å². The molecular formula is C17H21N3O3S. The molecule has 6 nitrogen and oxygen atoms in total. The van der Waals surface area contributed by atoms with Crippen LogP contribution in [0.4, 0.5) is 0 Å². The number of nitrogens with one attached hydrogen (secondary N) is 1. The van der Waals surface area contributed by atoms with Gasteiger partial charge in [-0.2, -0.15) is 5.10 Å². The average molecular weight is 347 g/mol. The van der Waals surface area contributed by atoms with Gasteiger partial charge >= 0.3 is 0 Å². The van der Waals surface area contributed by atoms with Crippen LogP contribution >= 0.6 is 0 Å². The van der Waals surface area contributed by atoms with Gasteiger partial charge in [0.1, 0.15) is 5.69 Å². The Morgan fingerprint density at radius 1 is 1.33 bits per heavy atom. The largest absolute Gasteiger partial charge is 0.350 e. The highest BCUT2D eigenvalue weighted by Crippen LogP contribution is 2.24. The Morgan fingerprint density at radius 2 is 2.08 bits per heavy atom. The molecule has 2 aromatic rings. The summed E-state index contributed by atoms with van der Waals surface area (Å²) >= 11 is 0. The Kier molecular flexibility index (Phi) is 4.71. The Hall–Kier alpha value is -2.15. The number of hydrogen-bond donors (Lipinski definition) is 1. The second kappa shape index (κ2) is 6.76. The minimum absolute atomic E-state index is 0.102. The molecule has 0 aliphatic carbocycles. The zero-order valence-electron chi connectivity index (χ0n) is 13.6. The van der Waals surface area contributed by atoms with Crippen molar-refractivity contribution in [3.05, 3.63) is 53.3 Å². The molecule has 1 aliphatic heterocycles. The maximum atomic E-state index is 12.2. The summed E-state index contributed by atoms with van der Waals surface area (Å²) in [5, 5.41) is 7.18. The lowest BCUT2D eigenvalue weighted by Crippen LogP contribution is -2.26. The summed E-state index contributed by atoms with van der Waals surface area (Å²) in [7, 11) is -2.98. The molecule has 1 aromatic carbocycles. The third-order valence-corrected chi connectivity index (χ3v) is 6.00. The highest BCUT2D eigenvalue weighted by Gasteiger charge is 2.31. The lowest BCUT2D eigenvalue weighted by Gasteiger charge is -2.10. The minimum Gasteiger partial charge on any atom is -0.350 e. The van der Waals surface area contributed by atoms with Crippen molar-refractivity contribution < 1.29 is 13.2 Å². The molecular weight excluding hydrogens is 326 g/mol. The van der Waals surface area contributed by atoms with E-state index in [9.17, 15) is 13.2 Å². The molecule has 3 rings (SSSR count). The second-order valence-electron chi connectivity index (χ2n) is 6.16. The number of hydrogen-bond acceptors (Lipinski definition) is 4. The van der Waals surface area contributed by atoms with E-state index in [1.165, 1.54) is 0 Å². The summed E-state index contributed by atoms with van der Waals surface area (Å²) in [6.07, 6.45) is 1.31. The van der Waals surface area contributed by atoms with Crippen molar-refractivity contribution in [1.82, 2.24) is 15.1 Å². The molecule has 1 unspecified atom stereocenters. The first kappa shape index (κ1) is 16.7. The first-order valence-corrected chi connectivity index (χ1v) is 9.85. The number of carbonyl (C=O) groups is 1. The molecule has 0 spiro atoms. The number of aryl methyl sites for hydroxylation is 1. The normalized spacial score (nSPS) is 19.3. The zero-order chi connectivity index (χ0) is 17.2. The van der Waals surface area contributed by atoms with Crippen LogP contribution in [0.15, 0.2) is 36.4 Å². The third-order valence-electron chi connectivity index (χ3n) is 4.25. The number of benzene rings is 1. The van der Waals surface area contributed by atoms with Crippen LogP contribution in [0.5, 0.6) is 0 Å². The summed E-state index contributed by atoms with van der Waals surface area (Å²) in [6.45, 7) is 2.38. The first-order chi connectivity index (χ1) is 11.4. The van der Waals surface area contributed by atoms with Gasteiger partial charge in [-0.15, -0.1) is 0 Å². The molecule has 1 N–H and O–H groups in total. The molecule has 24 heavy (non-hydrogen) atoms. The van der Waals surface area contributed by atoms with E-state index >= 15 is 0 Å². The van der Waals surface area contributed by atoms with Crippen LogP contribution in [-0.2, 0) is 16.3 Å². The van der Waals surface area contributed by atoms with Crippen molar-refractivity contribution >= 4 is 15.7 Å². The fraction of sp³-hybridized carbons (Fsp3) is 0.412. The molecule has 128 valence electrons. The molecule has 2 heterocycles. The van der Waals surface area contributed by atoms with Gasteiger partial charge in [0.25, 0.3) is 5.91 Å². The summed E-state index contributed by atoms with van der Waals surface area (Å²) in [6, 6.07) is 11.5. The van der Waals surface area contributed by atoms with Gasteiger partial charge in [0.05, 0.1) is 17.5 Å². The second-order valence-corrected chi connectivity index (χ2v) is 8.39. The highest BCUT2D eigenvalue weighted by atomic mass is 32.2. The summed E-state index contributed by atoms with van der Waals surface area (Å²) in [4.78, 5) is 12.2. The zero-order valence-corrected chi connectivity index (χ0v) is 14.4. The first-order valence-electron chi connectivity index (χ1n) is 8.03. The van der Waals surface area contributed by atoms with Crippen molar-refractivity contribution in [3.63, 3.8) is 0 Å². The Labute approximate surface area is 141 Å². The SMILES string of the molecule is Cc1cc(C(=O)NCCc2ccccc2)nn1C1CCS(=O)(=O)C1. The van der Waals surface area contributed by atoms with E-state index < -0.39 is 9.84 Å². The van der Waals surface area contributed by atoms with Crippen LogP contribution in [0.3, 0.4) is 0 Å². The maximum Gasteiger partial charge on any atom is 0.271 e. The van der Waals surface area contributed by atoms with Gasteiger partial charge in [0.15, 0.2) is 9.84 Å². The van der Waals surface area contributed by atoms with Gasteiger partial charge in [-0.25, -0.2) is 8.42 Å². The molecule has 1 saturated heterocycles. The van der Waals surface area contributed by atoms with Crippen molar-refractivity contribution in [3.8, 4) is 0 Å². The quantitative estimate of drug-likeness (QED) is 0.889. The topological polar surface area (TPSA) is 81.1 Å². The van der Waals surface area contributed by atoms with Gasteiger partial charge < -0.3 is 5.32 Å². The average Bonchev–Trinajstić information content (AvgIpc) is 3.10. The van der Waals surface area contributed by atoms with Crippen LogP contribution < -0.4 is 5.32 Å². The van der Waals surface area contributed by atoms with Crippen LogP contribution in [-0.4, -0.2) is 42.2 Å². The number of carbonyl (C=O) groups excluding carboxylic acids is 1. The van der Waals surface area contributed by atoms with Gasteiger partial charge in [0.2, 0.25) is 0 Å². The number of nitrogens with zero attached hydrogens (tertiary/aromatic N) is 2. The van der Waals surface area contributed by atoms with Crippen molar-refractivity contribution in [1.29, 1.82) is 0 Å². The predicted octanol–water partition coefficient (Wildman–Crippen LogP) is 1.52. The van der Waals surface area contributed by atoms with Gasteiger partial charge in [-0.05, 0) is 31.4 Å². The van der Waals surface area contributed by atoms with Crippen LogP contribution in [0.2, 0.25) is 0 Å². The molecule has 0 radical (unpaired) electrons. The number of sulfone groups is 1. The van der Waals surface area contributed by atoms with Gasteiger partial charge in [-0.3, -0.25) is 9.48 Å². The molecule has 1 fully saturated rings. The van der Waals surface area contributed by atoms with Crippen LogP contribution in [0.1, 0.15) is 34.2 Å².